The maximum atomic E-state index is 5.71. The second-order valence-electron chi connectivity index (χ2n) is 3.83. The molecule has 2 heterocycles. The van der Waals surface area contributed by atoms with Crippen molar-refractivity contribution in [3.05, 3.63) is 23.8 Å². The lowest BCUT2D eigenvalue weighted by atomic mass is 10.2. The molecule has 0 spiro atoms. The molecule has 0 radical (unpaired) electrons. The van der Waals surface area contributed by atoms with Crippen LogP contribution in [0.4, 0.5) is 0 Å². The number of benzene rings is 1. The maximum Gasteiger partial charge on any atom is 0.161 e. The summed E-state index contributed by atoms with van der Waals surface area (Å²) in [6.45, 7) is 1.53. The smallest absolute Gasteiger partial charge is 0.161 e. The van der Waals surface area contributed by atoms with Crippen LogP contribution in [-0.4, -0.2) is 24.7 Å². The van der Waals surface area contributed by atoms with Gasteiger partial charge in [0.05, 0.1) is 17.8 Å². The highest BCUT2D eigenvalue weighted by Crippen LogP contribution is 2.47. The van der Waals surface area contributed by atoms with Crippen molar-refractivity contribution in [3.8, 4) is 11.5 Å². The SMILES string of the molecule is c1cc2c(cc1C1SCCS1)OCCCO2. The van der Waals surface area contributed by atoms with E-state index in [9.17, 15) is 0 Å². The van der Waals surface area contributed by atoms with Crippen LogP contribution in [0.25, 0.3) is 0 Å². The van der Waals surface area contributed by atoms with E-state index in [1.54, 1.807) is 0 Å². The molecule has 1 aromatic carbocycles. The molecular formula is C12H14O2S2. The van der Waals surface area contributed by atoms with Crippen molar-refractivity contribution in [2.24, 2.45) is 0 Å². The van der Waals surface area contributed by atoms with Crippen LogP contribution in [-0.2, 0) is 0 Å². The van der Waals surface area contributed by atoms with E-state index in [4.69, 9.17) is 9.47 Å². The summed E-state index contributed by atoms with van der Waals surface area (Å²) in [6, 6.07) is 6.37. The Morgan fingerprint density at radius 2 is 1.75 bits per heavy atom. The molecule has 0 bridgehead atoms. The Kier molecular flexibility index (Phi) is 3.20. The number of thioether (sulfide) groups is 2. The van der Waals surface area contributed by atoms with E-state index in [0.717, 1.165) is 31.1 Å². The molecule has 0 atom stereocenters. The van der Waals surface area contributed by atoms with E-state index in [0.29, 0.717) is 4.58 Å². The minimum atomic E-state index is 0.581. The first-order chi connectivity index (χ1) is 7.93. The number of fused-ring (bicyclic) bond motifs is 1. The van der Waals surface area contributed by atoms with Crippen LogP contribution in [0.3, 0.4) is 0 Å². The molecule has 4 heteroatoms. The largest absolute Gasteiger partial charge is 0.490 e. The van der Waals surface area contributed by atoms with Crippen molar-refractivity contribution in [2.75, 3.05) is 24.7 Å². The van der Waals surface area contributed by atoms with E-state index in [2.05, 4.69) is 18.2 Å². The molecule has 0 amide bonds. The summed E-state index contributed by atoms with van der Waals surface area (Å²) in [5.41, 5.74) is 1.36. The third kappa shape index (κ3) is 2.13. The lowest BCUT2D eigenvalue weighted by molar-refractivity contribution is 0.297. The lowest BCUT2D eigenvalue weighted by Gasteiger charge is -2.12. The fourth-order valence-corrected chi connectivity index (χ4v) is 4.72. The van der Waals surface area contributed by atoms with Gasteiger partial charge in [-0.2, -0.15) is 0 Å². The van der Waals surface area contributed by atoms with E-state index in [1.165, 1.54) is 17.1 Å². The van der Waals surface area contributed by atoms with Crippen molar-refractivity contribution >= 4 is 23.5 Å². The predicted molar refractivity (Wildman–Crippen MR) is 69.7 cm³/mol. The van der Waals surface area contributed by atoms with E-state index < -0.39 is 0 Å². The molecule has 2 aliphatic rings. The topological polar surface area (TPSA) is 18.5 Å². The van der Waals surface area contributed by atoms with Gasteiger partial charge in [0, 0.05) is 17.9 Å². The minimum absolute atomic E-state index is 0.581. The molecule has 0 aliphatic carbocycles. The molecule has 2 aliphatic heterocycles. The highest BCUT2D eigenvalue weighted by molar-refractivity contribution is 8.19. The molecule has 0 saturated carbocycles. The van der Waals surface area contributed by atoms with Crippen LogP contribution in [0.1, 0.15) is 16.6 Å². The Bertz CT molecular complexity index is 375. The summed E-state index contributed by atoms with van der Waals surface area (Å²) in [6.07, 6.45) is 0.969. The number of rotatable bonds is 1. The summed E-state index contributed by atoms with van der Waals surface area (Å²) < 4.78 is 11.9. The zero-order valence-corrected chi connectivity index (χ0v) is 10.6. The molecule has 2 nitrogen and oxygen atoms in total. The molecule has 1 fully saturated rings. The Morgan fingerprint density at radius 1 is 1.00 bits per heavy atom. The number of hydrogen-bond donors (Lipinski definition) is 0. The highest BCUT2D eigenvalue weighted by Gasteiger charge is 2.20. The summed E-state index contributed by atoms with van der Waals surface area (Å²) in [5, 5.41) is 0. The molecule has 0 aromatic heterocycles. The van der Waals surface area contributed by atoms with Gasteiger partial charge in [0.2, 0.25) is 0 Å². The fourth-order valence-electron chi connectivity index (χ4n) is 1.88. The van der Waals surface area contributed by atoms with Crippen molar-refractivity contribution in [1.82, 2.24) is 0 Å². The molecule has 3 rings (SSSR count). The third-order valence-corrected chi connectivity index (χ3v) is 5.77. The molecule has 1 saturated heterocycles. The van der Waals surface area contributed by atoms with Gasteiger partial charge in [0.25, 0.3) is 0 Å². The first-order valence-corrected chi connectivity index (χ1v) is 7.66. The minimum Gasteiger partial charge on any atom is -0.490 e. The van der Waals surface area contributed by atoms with Crippen LogP contribution >= 0.6 is 23.5 Å². The predicted octanol–water partition coefficient (Wildman–Crippen LogP) is 3.33. The summed E-state index contributed by atoms with van der Waals surface area (Å²) in [4.78, 5) is 0. The molecule has 1 aromatic rings. The Labute approximate surface area is 104 Å². The van der Waals surface area contributed by atoms with Gasteiger partial charge in [0.15, 0.2) is 11.5 Å². The Hall–Kier alpha value is -0.480. The first-order valence-electron chi connectivity index (χ1n) is 5.56. The van der Waals surface area contributed by atoms with Gasteiger partial charge >= 0.3 is 0 Å². The van der Waals surface area contributed by atoms with Gasteiger partial charge in [-0.15, -0.1) is 23.5 Å². The average molecular weight is 254 g/mol. The van der Waals surface area contributed by atoms with E-state index in [-0.39, 0.29) is 0 Å². The summed E-state index contributed by atoms with van der Waals surface area (Å²) in [5.74, 6) is 4.32. The van der Waals surface area contributed by atoms with Gasteiger partial charge in [-0.25, -0.2) is 0 Å². The molecule has 16 heavy (non-hydrogen) atoms. The van der Waals surface area contributed by atoms with Crippen molar-refractivity contribution in [3.63, 3.8) is 0 Å². The van der Waals surface area contributed by atoms with Crippen LogP contribution < -0.4 is 9.47 Å². The standard InChI is InChI=1S/C12H14O2S2/c1-4-13-10-3-2-9(8-11(10)14-5-1)12-15-6-7-16-12/h2-3,8,12H,1,4-7H2. The zero-order valence-electron chi connectivity index (χ0n) is 8.98. The van der Waals surface area contributed by atoms with Crippen LogP contribution in [0.5, 0.6) is 11.5 Å². The van der Waals surface area contributed by atoms with E-state index >= 15 is 0 Å². The second-order valence-corrected chi connectivity index (χ2v) is 6.55. The van der Waals surface area contributed by atoms with Gasteiger partial charge in [-0.3, -0.25) is 0 Å². The quantitative estimate of drug-likeness (QED) is 0.765. The van der Waals surface area contributed by atoms with Crippen molar-refractivity contribution < 1.29 is 9.47 Å². The molecule has 86 valence electrons. The van der Waals surface area contributed by atoms with Crippen LogP contribution in [0, 0.1) is 0 Å². The van der Waals surface area contributed by atoms with Crippen LogP contribution in [0.2, 0.25) is 0 Å². The number of ether oxygens (including phenoxy) is 2. The summed E-state index contributed by atoms with van der Waals surface area (Å²) >= 11 is 4.04. The lowest BCUT2D eigenvalue weighted by Crippen LogP contribution is -1.97. The van der Waals surface area contributed by atoms with Crippen molar-refractivity contribution in [2.45, 2.75) is 11.0 Å². The molecule has 0 unspecified atom stereocenters. The normalized spacial score (nSPS) is 20.8. The first kappa shape index (κ1) is 10.7. The second kappa shape index (κ2) is 4.80. The zero-order chi connectivity index (χ0) is 10.8. The monoisotopic (exact) mass is 254 g/mol. The van der Waals surface area contributed by atoms with Gasteiger partial charge in [-0.1, -0.05) is 6.07 Å². The Morgan fingerprint density at radius 3 is 2.56 bits per heavy atom. The third-order valence-electron chi connectivity index (χ3n) is 2.67. The number of hydrogen-bond acceptors (Lipinski definition) is 4. The van der Waals surface area contributed by atoms with Gasteiger partial charge < -0.3 is 9.47 Å². The van der Waals surface area contributed by atoms with E-state index in [1.807, 2.05) is 23.5 Å². The van der Waals surface area contributed by atoms with Gasteiger partial charge in [-0.05, 0) is 17.7 Å². The fraction of sp³-hybridized carbons (Fsp3) is 0.500. The van der Waals surface area contributed by atoms with Crippen LogP contribution in [0.15, 0.2) is 18.2 Å². The highest BCUT2D eigenvalue weighted by atomic mass is 32.2. The van der Waals surface area contributed by atoms with Gasteiger partial charge in [0.1, 0.15) is 0 Å². The molecule has 0 N–H and O–H groups in total. The average Bonchev–Trinajstić information content (AvgIpc) is 2.74. The molecular weight excluding hydrogens is 240 g/mol. The maximum absolute atomic E-state index is 5.71. The summed E-state index contributed by atoms with van der Waals surface area (Å²) in [7, 11) is 0. The van der Waals surface area contributed by atoms with Crippen molar-refractivity contribution in [1.29, 1.82) is 0 Å². The Balaban J connectivity index is 1.88.